The van der Waals surface area contributed by atoms with Crippen molar-refractivity contribution in [1.29, 1.82) is 0 Å². The van der Waals surface area contributed by atoms with Gasteiger partial charge in [-0.2, -0.15) is 0 Å². The Hall–Kier alpha value is -2.89. The predicted octanol–water partition coefficient (Wildman–Crippen LogP) is 3.69. The topological polar surface area (TPSA) is 66.6 Å². The highest BCUT2D eigenvalue weighted by molar-refractivity contribution is 6.05. The molecule has 0 aliphatic carbocycles. The van der Waals surface area contributed by atoms with E-state index in [0.29, 0.717) is 23.4 Å². The summed E-state index contributed by atoms with van der Waals surface area (Å²) in [6.07, 6.45) is 2.65. The summed E-state index contributed by atoms with van der Waals surface area (Å²) in [4.78, 5) is 17.2. The minimum absolute atomic E-state index is 0.0222. The number of hydrogen-bond acceptors (Lipinski definition) is 3. The zero-order chi connectivity index (χ0) is 17.3. The number of phenols is 1. The van der Waals surface area contributed by atoms with E-state index in [2.05, 4.69) is 10.3 Å². The van der Waals surface area contributed by atoms with Crippen LogP contribution in [-0.4, -0.2) is 20.4 Å². The summed E-state index contributed by atoms with van der Waals surface area (Å²) in [6, 6.07) is 7.79. The first-order chi connectivity index (χ1) is 11.5. The largest absolute Gasteiger partial charge is 0.506 e. The summed E-state index contributed by atoms with van der Waals surface area (Å²) in [5.41, 5.74) is 2.62. The third kappa shape index (κ3) is 2.95. The second kappa shape index (κ2) is 6.31. The number of carbonyl (C=O) groups excluding carboxylic acids is 1. The number of imidazole rings is 1. The normalized spacial score (nSPS) is 11.0. The fourth-order valence-corrected chi connectivity index (χ4v) is 2.65. The average molecular weight is 327 g/mol. The van der Waals surface area contributed by atoms with Gasteiger partial charge in [-0.1, -0.05) is 19.4 Å². The smallest absolute Gasteiger partial charge is 0.274 e. The molecule has 6 heteroatoms. The van der Waals surface area contributed by atoms with Gasteiger partial charge in [0.2, 0.25) is 0 Å². The molecule has 2 aromatic heterocycles. The zero-order valence-electron chi connectivity index (χ0n) is 13.5. The van der Waals surface area contributed by atoms with Gasteiger partial charge >= 0.3 is 0 Å². The molecule has 0 atom stereocenters. The Bertz CT molecular complexity index is 918. The lowest BCUT2D eigenvalue weighted by molar-refractivity contribution is 0.102. The number of fused-ring (bicyclic) bond motifs is 1. The zero-order valence-corrected chi connectivity index (χ0v) is 13.5. The second-order valence-electron chi connectivity index (χ2n) is 5.71. The molecule has 3 aromatic rings. The van der Waals surface area contributed by atoms with Crippen LogP contribution in [0.1, 0.15) is 35.1 Å². The molecule has 1 aromatic carbocycles. The molecular weight excluding hydrogens is 309 g/mol. The summed E-state index contributed by atoms with van der Waals surface area (Å²) in [5, 5.41) is 12.6. The van der Waals surface area contributed by atoms with Gasteiger partial charge in [0.05, 0.1) is 11.4 Å². The van der Waals surface area contributed by atoms with Gasteiger partial charge in [-0.15, -0.1) is 0 Å². The maximum atomic E-state index is 13.6. The monoisotopic (exact) mass is 327 g/mol. The Labute approximate surface area is 138 Å². The van der Waals surface area contributed by atoms with Crippen molar-refractivity contribution in [3.63, 3.8) is 0 Å². The van der Waals surface area contributed by atoms with Crippen LogP contribution in [0.25, 0.3) is 5.65 Å². The fourth-order valence-electron chi connectivity index (χ4n) is 2.65. The predicted molar refractivity (Wildman–Crippen MR) is 89.9 cm³/mol. The summed E-state index contributed by atoms with van der Waals surface area (Å²) >= 11 is 0. The van der Waals surface area contributed by atoms with Crippen LogP contribution in [0.2, 0.25) is 0 Å². The molecule has 0 saturated carbocycles. The van der Waals surface area contributed by atoms with Gasteiger partial charge in [-0.3, -0.25) is 9.20 Å². The molecule has 0 bridgehead atoms. The van der Waals surface area contributed by atoms with Crippen molar-refractivity contribution in [2.45, 2.75) is 26.7 Å². The van der Waals surface area contributed by atoms with E-state index in [0.717, 1.165) is 12.0 Å². The number of nitrogens with one attached hydrogen (secondary N) is 1. The third-order valence-electron chi connectivity index (χ3n) is 3.76. The molecule has 0 spiro atoms. The molecule has 5 nitrogen and oxygen atoms in total. The molecule has 24 heavy (non-hydrogen) atoms. The maximum Gasteiger partial charge on any atom is 0.274 e. The summed E-state index contributed by atoms with van der Waals surface area (Å²) in [6.45, 7) is 3.85. The summed E-state index contributed by atoms with van der Waals surface area (Å²) < 4.78 is 15.0. The highest BCUT2D eigenvalue weighted by Gasteiger charge is 2.20. The van der Waals surface area contributed by atoms with Crippen molar-refractivity contribution in [1.82, 2.24) is 9.38 Å². The minimum atomic E-state index is -0.449. The molecule has 3 rings (SSSR count). The van der Waals surface area contributed by atoms with Crippen LogP contribution in [0, 0.1) is 12.7 Å². The number of aromatic nitrogens is 2. The number of hydrogen-bond donors (Lipinski definition) is 2. The van der Waals surface area contributed by atoms with Crippen LogP contribution < -0.4 is 5.32 Å². The van der Waals surface area contributed by atoms with E-state index in [1.807, 2.05) is 13.8 Å². The van der Waals surface area contributed by atoms with Crippen LogP contribution in [0.5, 0.6) is 5.75 Å². The van der Waals surface area contributed by atoms with Crippen molar-refractivity contribution in [3.8, 4) is 5.75 Å². The molecular formula is C18H18FN3O2. The number of aromatic hydroxyl groups is 1. The molecule has 2 heterocycles. The van der Waals surface area contributed by atoms with Gasteiger partial charge in [-0.25, -0.2) is 9.37 Å². The van der Waals surface area contributed by atoms with Crippen LogP contribution in [-0.2, 0) is 6.42 Å². The Morgan fingerprint density at radius 2 is 2.12 bits per heavy atom. The number of pyridine rings is 1. The number of halogens is 1. The third-order valence-corrected chi connectivity index (χ3v) is 3.76. The van der Waals surface area contributed by atoms with E-state index in [9.17, 15) is 14.3 Å². The van der Waals surface area contributed by atoms with Crippen LogP contribution >= 0.6 is 0 Å². The van der Waals surface area contributed by atoms with Gasteiger partial charge < -0.3 is 10.4 Å². The van der Waals surface area contributed by atoms with Gasteiger partial charge in [-0.05, 0) is 43.2 Å². The van der Waals surface area contributed by atoms with Crippen molar-refractivity contribution < 1.29 is 14.3 Å². The number of benzene rings is 1. The molecule has 2 N–H and O–H groups in total. The van der Waals surface area contributed by atoms with E-state index in [1.165, 1.54) is 28.8 Å². The number of nitrogens with zero attached hydrogens (tertiary/aromatic N) is 2. The first-order valence-corrected chi connectivity index (χ1v) is 7.77. The Balaban J connectivity index is 2.06. The summed E-state index contributed by atoms with van der Waals surface area (Å²) in [5.74, 6) is -0.904. The number of anilines is 1. The molecule has 0 unspecified atom stereocenters. The Kier molecular flexibility index (Phi) is 4.20. The molecule has 1 amide bonds. The molecule has 0 radical (unpaired) electrons. The van der Waals surface area contributed by atoms with E-state index in [1.54, 1.807) is 12.1 Å². The van der Waals surface area contributed by atoms with Gasteiger partial charge in [0, 0.05) is 6.20 Å². The number of aryl methyl sites for hydroxylation is 2. The molecule has 0 aliphatic rings. The number of carbonyl (C=O) groups is 1. The first-order valence-electron chi connectivity index (χ1n) is 7.77. The number of rotatable bonds is 4. The first kappa shape index (κ1) is 16.0. The van der Waals surface area contributed by atoms with Gasteiger partial charge in [0.15, 0.2) is 0 Å². The van der Waals surface area contributed by atoms with Crippen molar-refractivity contribution in [2.75, 3.05) is 5.32 Å². The van der Waals surface area contributed by atoms with Gasteiger partial charge in [0.1, 0.15) is 22.9 Å². The maximum absolute atomic E-state index is 13.6. The molecule has 0 saturated heterocycles. The second-order valence-corrected chi connectivity index (χ2v) is 5.71. The SMILES string of the molecule is CCCc1nc2ccc(F)cn2c1C(=O)Nc1cc(C)ccc1O. The Morgan fingerprint density at radius 3 is 2.88 bits per heavy atom. The standard InChI is InChI=1S/C18H18FN3O2/c1-3-4-13-17(22-10-12(19)6-8-16(22)20-13)18(24)21-14-9-11(2)5-7-15(14)23/h5-10,23H,3-4H2,1-2H3,(H,21,24). The van der Waals surface area contributed by atoms with Crippen LogP contribution in [0.15, 0.2) is 36.5 Å². The lowest BCUT2D eigenvalue weighted by Crippen LogP contribution is -2.16. The van der Waals surface area contributed by atoms with E-state index in [4.69, 9.17) is 0 Å². The Morgan fingerprint density at radius 1 is 1.33 bits per heavy atom. The van der Waals surface area contributed by atoms with Crippen molar-refractivity contribution in [3.05, 3.63) is 59.3 Å². The highest BCUT2D eigenvalue weighted by Crippen LogP contribution is 2.25. The van der Waals surface area contributed by atoms with Crippen molar-refractivity contribution in [2.24, 2.45) is 0 Å². The van der Waals surface area contributed by atoms with Gasteiger partial charge in [0.25, 0.3) is 5.91 Å². The molecule has 124 valence electrons. The number of amides is 1. The highest BCUT2D eigenvalue weighted by atomic mass is 19.1. The quantitative estimate of drug-likeness (QED) is 0.718. The molecule has 0 aliphatic heterocycles. The van der Waals surface area contributed by atoms with E-state index < -0.39 is 11.7 Å². The van der Waals surface area contributed by atoms with E-state index in [-0.39, 0.29) is 11.4 Å². The summed E-state index contributed by atoms with van der Waals surface area (Å²) in [7, 11) is 0. The van der Waals surface area contributed by atoms with Crippen molar-refractivity contribution >= 4 is 17.2 Å². The number of phenolic OH excluding ortho intramolecular Hbond substituents is 1. The lowest BCUT2D eigenvalue weighted by Gasteiger charge is -2.09. The van der Waals surface area contributed by atoms with Crippen LogP contribution in [0.3, 0.4) is 0 Å². The lowest BCUT2D eigenvalue weighted by atomic mass is 10.2. The average Bonchev–Trinajstić information content (AvgIpc) is 2.88. The minimum Gasteiger partial charge on any atom is -0.506 e. The fraction of sp³-hybridized carbons (Fsp3) is 0.222. The van der Waals surface area contributed by atoms with Crippen LogP contribution in [0.4, 0.5) is 10.1 Å². The van der Waals surface area contributed by atoms with E-state index >= 15 is 0 Å². The molecule has 0 fully saturated rings.